The van der Waals surface area contributed by atoms with Crippen molar-refractivity contribution >= 4 is 29.1 Å². The Morgan fingerprint density at radius 3 is 2.61 bits per heavy atom. The number of Topliss-reactive ketones (excluding diaryl/α,β-unsaturated/α-hetero) is 1. The molecule has 4 aliphatic rings. The quantitative estimate of drug-likeness (QED) is 0.619. The van der Waals surface area contributed by atoms with Crippen LogP contribution in [0.15, 0.2) is 22.8 Å². The van der Waals surface area contributed by atoms with Crippen LogP contribution >= 0.6 is 11.6 Å². The molecule has 0 aliphatic heterocycles. The number of esters is 1. The molecule has 0 aromatic rings. The molecule has 0 unspecified atom stereocenters. The van der Waals surface area contributed by atoms with Crippen LogP contribution in [0, 0.1) is 28.6 Å². The van der Waals surface area contributed by atoms with Crippen molar-refractivity contribution in [2.75, 3.05) is 0 Å². The lowest BCUT2D eigenvalue weighted by atomic mass is 9.48. The summed E-state index contributed by atoms with van der Waals surface area (Å²) in [6.45, 7) is 2.63. The predicted octanol–water partition coefficient (Wildman–Crippen LogP) is 4.75. The second-order valence-corrected chi connectivity index (χ2v) is 9.92. The third-order valence-corrected chi connectivity index (χ3v) is 8.84. The summed E-state index contributed by atoms with van der Waals surface area (Å²) in [5.74, 6) is -1.13. The first-order chi connectivity index (χ1) is 14.3. The van der Waals surface area contributed by atoms with Gasteiger partial charge >= 0.3 is 5.97 Å². The van der Waals surface area contributed by atoms with Crippen molar-refractivity contribution in [2.45, 2.75) is 71.7 Å². The molecular weight excluding hydrogens is 376 g/mol. The van der Waals surface area contributed by atoms with E-state index in [1.54, 1.807) is 6.08 Å². The summed E-state index contributed by atoms with van der Waals surface area (Å²) in [6, 6.07) is 0. The van der Waals surface area contributed by atoms with E-state index >= 15 is 0 Å². The first-order valence-corrected chi connectivity index (χ1v) is 10.5. The van der Waals surface area contributed by atoms with Gasteiger partial charge in [0.15, 0.2) is 17.2 Å². The largest absolute Gasteiger partial charge is 0.451 e. The molecule has 152 valence electrons. The Labute approximate surface area is 175 Å². The fourth-order valence-corrected chi connectivity index (χ4v) is 7.46. The number of rotatable bonds is 2. The second kappa shape index (κ2) is 6.29. The third kappa shape index (κ3) is 2.46. The number of halogens is 1. The summed E-state index contributed by atoms with van der Waals surface area (Å²) in [7, 11) is 0. The molecule has 0 saturated heterocycles. The van der Waals surface area contributed by atoms with Crippen molar-refractivity contribution in [3.63, 3.8) is 0 Å². The van der Waals surface area contributed by atoms with Crippen molar-refractivity contribution in [1.82, 2.24) is 0 Å². The first kappa shape index (κ1) is 16.4. The molecule has 4 rings (SSSR count). The van der Waals surface area contributed by atoms with Crippen molar-refractivity contribution in [2.24, 2.45) is 28.6 Å². The number of ketones is 2. The minimum Gasteiger partial charge on any atom is -0.451 e. The molecule has 28 heavy (non-hydrogen) atoms. The van der Waals surface area contributed by atoms with Crippen LogP contribution in [0.3, 0.4) is 0 Å². The van der Waals surface area contributed by atoms with Crippen molar-refractivity contribution in [3.8, 4) is 0 Å². The van der Waals surface area contributed by atoms with E-state index in [1.165, 1.54) is 6.92 Å². The van der Waals surface area contributed by atoms with Gasteiger partial charge in [-0.25, -0.2) is 0 Å². The molecule has 4 nitrogen and oxygen atoms in total. The van der Waals surface area contributed by atoms with Gasteiger partial charge in [-0.15, -0.1) is 0 Å². The molecule has 0 aromatic heterocycles. The molecule has 0 radical (unpaired) electrons. The van der Waals surface area contributed by atoms with Crippen molar-refractivity contribution < 1.29 is 23.2 Å². The van der Waals surface area contributed by atoms with Gasteiger partial charge in [-0.2, -0.15) is 0 Å². The molecule has 0 aromatic carbocycles. The fourth-order valence-electron chi connectivity index (χ4n) is 7.05. The highest BCUT2D eigenvalue weighted by Crippen LogP contribution is 2.68. The van der Waals surface area contributed by atoms with E-state index in [2.05, 4.69) is 6.92 Å². The van der Waals surface area contributed by atoms with Gasteiger partial charge in [-0.1, -0.05) is 31.5 Å². The standard InChI is InChI=1S/C23H29ClO4/c1-13(25)23(28-14(2)26)10-7-18-16-12-20(24)19-11-15(27)5-8-21(19,3)17(16)6-9-22(18,23)4/h11-12,16-18H,5-10H2,1-4H3/t16-,17+,18+,21-,22+,23+/m1/s1/i2D3. The van der Waals surface area contributed by atoms with Crippen LogP contribution in [0.25, 0.3) is 0 Å². The SMILES string of the molecule is [2H]C([2H])([2H])C(=O)O[C@]1(C(C)=O)CC[C@H]2[C@@H]3C=C(Cl)C4=CC(=O)CC[C@]4(C)[C@H]3CC[C@@]21C. The molecule has 6 atom stereocenters. The number of carbonyl (C=O) groups excluding carboxylic acids is 3. The van der Waals surface area contributed by atoms with Gasteiger partial charge in [0.25, 0.3) is 0 Å². The molecule has 0 amide bonds. The third-order valence-electron chi connectivity index (χ3n) is 8.51. The van der Waals surface area contributed by atoms with Crippen LogP contribution in [0.1, 0.15) is 70.3 Å². The van der Waals surface area contributed by atoms with Gasteiger partial charge in [0.1, 0.15) is 0 Å². The van der Waals surface area contributed by atoms with Crippen molar-refractivity contribution in [3.05, 3.63) is 22.8 Å². The zero-order valence-electron chi connectivity index (χ0n) is 19.6. The molecule has 0 bridgehead atoms. The molecule has 0 heterocycles. The van der Waals surface area contributed by atoms with Gasteiger partial charge < -0.3 is 4.74 Å². The summed E-state index contributed by atoms with van der Waals surface area (Å²) in [5, 5.41) is 0.598. The number of hydrogen-bond acceptors (Lipinski definition) is 4. The minimum atomic E-state index is -2.91. The van der Waals surface area contributed by atoms with E-state index in [9.17, 15) is 14.4 Å². The molecule has 2 fully saturated rings. The Hall–Kier alpha value is -1.42. The minimum absolute atomic E-state index is 0.0318. The average molecular weight is 408 g/mol. The van der Waals surface area contributed by atoms with E-state index in [0.717, 1.165) is 18.4 Å². The van der Waals surface area contributed by atoms with Crippen LogP contribution in [-0.4, -0.2) is 23.1 Å². The number of allylic oxidation sites excluding steroid dienone is 4. The smallest absolute Gasteiger partial charge is 0.303 e. The van der Waals surface area contributed by atoms with Crippen LogP contribution in [0.2, 0.25) is 0 Å². The number of hydrogen-bond donors (Lipinski definition) is 0. The summed E-state index contributed by atoms with van der Waals surface area (Å²) in [5.41, 5.74) is -1.40. The molecular formula is C23H29ClO4. The summed E-state index contributed by atoms with van der Waals surface area (Å²) in [6.07, 6.45) is 7.39. The average Bonchev–Trinajstić information content (AvgIpc) is 2.96. The lowest BCUT2D eigenvalue weighted by Gasteiger charge is -2.57. The van der Waals surface area contributed by atoms with E-state index in [0.29, 0.717) is 30.7 Å². The van der Waals surface area contributed by atoms with Gasteiger partial charge in [-0.3, -0.25) is 14.4 Å². The maximum Gasteiger partial charge on any atom is 0.303 e. The molecule has 0 N–H and O–H groups in total. The van der Waals surface area contributed by atoms with Gasteiger partial charge in [0.05, 0.1) is 0 Å². The predicted molar refractivity (Wildman–Crippen MR) is 107 cm³/mol. The van der Waals surface area contributed by atoms with Crippen molar-refractivity contribution in [1.29, 1.82) is 0 Å². The van der Waals surface area contributed by atoms with Crippen LogP contribution < -0.4 is 0 Å². The number of carbonyl (C=O) groups is 3. The number of fused-ring (bicyclic) bond motifs is 5. The van der Waals surface area contributed by atoms with E-state index in [1.807, 2.05) is 13.0 Å². The molecule has 0 spiro atoms. The molecule has 5 heteroatoms. The highest BCUT2D eigenvalue weighted by Gasteiger charge is 2.67. The normalized spacial score (nSPS) is 46.6. The van der Waals surface area contributed by atoms with Crippen LogP contribution in [0.5, 0.6) is 0 Å². The second-order valence-electron chi connectivity index (χ2n) is 9.51. The zero-order valence-corrected chi connectivity index (χ0v) is 17.4. The summed E-state index contributed by atoms with van der Waals surface area (Å²) < 4.78 is 27.9. The lowest BCUT2D eigenvalue weighted by Crippen LogP contribution is -2.58. The fraction of sp³-hybridized carbons (Fsp3) is 0.696. The van der Waals surface area contributed by atoms with E-state index in [-0.39, 0.29) is 34.7 Å². The highest BCUT2D eigenvalue weighted by molar-refractivity contribution is 6.32. The van der Waals surface area contributed by atoms with Gasteiger partial charge in [0, 0.05) is 27.8 Å². The Balaban J connectivity index is 1.76. The number of ether oxygens (including phenoxy) is 1. The molecule has 2 saturated carbocycles. The Morgan fingerprint density at radius 2 is 1.93 bits per heavy atom. The highest BCUT2D eigenvalue weighted by atomic mass is 35.5. The summed E-state index contributed by atoms with van der Waals surface area (Å²) in [4.78, 5) is 37.3. The Kier molecular flexibility index (Phi) is 3.68. The van der Waals surface area contributed by atoms with Gasteiger partial charge in [-0.05, 0) is 73.8 Å². The summed E-state index contributed by atoms with van der Waals surface area (Å²) >= 11 is 6.69. The Bertz CT molecular complexity index is 922. The van der Waals surface area contributed by atoms with Gasteiger partial charge in [0.2, 0.25) is 0 Å². The maximum atomic E-state index is 12.9. The molecule has 4 aliphatic carbocycles. The topological polar surface area (TPSA) is 60.4 Å². The van der Waals surface area contributed by atoms with E-state index in [4.69, 9.17) is 20.5 Å². The lowest BCUT2D eigenvalue weighted by molar-refractivity contribution is -0.185. The maximum absolute atomic E-state index is 12.9. The monoisotopic (exact) mass is 407 g/mol. The Morgan fingerprint density at radius 1 is 1.21 bits per heavy atom. The first-order valence-electron chi connectivity index (χ1n) is 11.6. The van der Waals surface area contributed by atoms with E-state index < -0.39 is 23.8 Å². The van der Waals surface area contributed by atoms with Crippen LogP contribution in [0.4, 0.5) is 0 Å². The van der Waals surface area contributed by atoms with Crippen LogP contribution in [-0.2, 0) is 19.1 Å². The zero-order chi connectivity index (χ0) is 23.0.